The Morgan fingerprint density at radius 2 is 1.77 bits per heavy atom. The zero-order valence-corrected chi connectivity index (χ0v) is 18.6. The number of hydrogen-bond donors (Lipinski definition) is 1. The van der Waals surface area contributed by atoms with E-state index >= 15 is 0 Å². The van der Waals surface area contributed by atoms with E-state index in [0.717, 1.165) is 81.8 Å². The highest BCUT2D eigenvalue weighted by molar-refractivity contribution is 5.92. The molecule has 1 amide bonds. The van der Waals surface area contributed by atoms with Crippen LogP contribution in [0.15, 0.2) is 24.3 Å². The lowest BCUT2D eigenvalue weighted by Gasteiger charge is -2.34. The molecule has 168 valence electrons. The van der Waals surface area contributed by atoms with Crippen LogP contribution in [0.25, 0.3) is 11.4 Å². The van der Waals surface area contributed by atoms with Gasteiger partial charge in [-0.15, -0.1) is 10.2 Å². The van der Waals surface area contributed by atoms with Crippen molar-refractivity contribution in [3.8, 4) is 11.4 Å². The number of aromatic nitrogens is 3. The molecule has 0 radical (unpaired) electrons. The number of carbonyl (C=O) groups is 1. The van der Waals surface area contributed by atoms with Crippen molar-refractivity contribution in [1.82, 2.24) is 24.6 Å². The standard InChI is InChI=1S/C23H34N6O2/c1-2-31-17-16-27-12-14-28(15-13-27)18-22(30)24-20-9-7-19(8-10-20)23-26-25-21-6-4-3-5-11-29(21)23/h7-10H,2-6,11-18H2,1H3,(H,24,30). The highest BCUT2D eigenvalue weighted by Gasteiger charge is 2.19. The Bertz CT molecular complexity index is 842. The van der Waals surface area contributed by atoms with Crippen molar-refractivity contribution in [3.63, 3.8) is 0 Å². The summed E-state index contributed by atoms with van der Waals surface area (Å²) in [5.74, 6) is 2.05. The lowest BCUT2D eigenvalue weighted by atomic mass is 10.2. The van der Waals surface area contributed by atoms with Crippen molar-refractivity contribution in [1.29, 1.82) is 0 Å². The summed E-state index contributed by atoms with van der Waals surface area (Å²) in [6, 6.07) is 7.96. The Labute approximate surface area is 184 Å². The van der Waals surface area contributed by atoms with Crippen LogP contribution in [-0.2, 0) is 22.5 Å². The largest absolute Gasteiger partial charge is 0.380 e. The average Bonchev–Trinajstić information content (AvgIpc) is 3.03. The van der Waals surface area contributed by atoms with E-state index in [4.69, 9.17) is 4.74 Å². The molecule has 8 heteroatoms. The number of nitrogens with one attached hydrogen (secondary N) is 1. The van der Waals surface area contributed by atoms with Gasteiger partial charge in [-0.1, -0.05) is 6.42 Å². The number of benzene rings is 1. The van der Waals surface area contributed by atoms with E-state index in [-0.39, 0.29) is 5.91 Å². The summed E-state index contributed by atoms with van der Waals surface area (Å²) in [6.45, 7) is 9.74. The third-order valence-corrected chi connectivity index (χ3v) is 6.12. The molecule has 0 unspecified atom stereocenters. The molecule has 0 atom stereocenters. The van der Waals surface area contributed by atoms with Gasteiger partial charge in [-0.05, 0) is 44.0 Å². The van der Waals surface area contributed by atoms with Gasteiger partial charge in [-0.3, -0.25) is 14.6 Å². The van der Waals surface area contributed by atoms with Gasteiger partial charge in [0.15, 0.2) is 5.82 Å². The van der Waals surface area contributed by atoms with Crippen LogP contribution in [0.5, 0.6) is 0 Å². The molecular formula is C23H34N6O2. The Hall–Kier alpha value is -2.29. The molecule has 1 aromatic heterocycles. The minimum absolute atomic E-state index is 0.0341. The van der Waals surface area contributed by atoms with Crippen molar-refractivity contribution in [2.24, 2.45) is 0 Å². The maximum Gasteiger partial charge on any atom is 0.238 e. The van der Waals surface area contributed by atoms with Crippen LogP contribution in [0.3, 0.4) is 0 Å². The molecule has 1 aromatic carbocycles. The van der Waals surface area contributed by atoms with Gasteiger partial charge in [0.25, 0.3) is 0 Å². The molecule has 2 aliphatic rings. The number of ether oxygens (including phenoxy) is 1. The fraction of sp³-hybridized carbons (Fsp3) is 0.609. The number of anilines is 1. The number of piperazine rings is 1. The monoisotopic (exact) mass is 426 g/mol. The molecule has 0 bridgehead atoms. The quantitative estimate of drug-likeness (QED) is 0.653. The highest BCUT2D eigenvalue weighted by Crippen LogP contribution is 2.24. The van der Waals surface area contributed by atoms with Gasteiger partial charge >= 0.3 is 0 Å². The first-order valence-corrected chi connectivity index (χ1v) is 11.6. The molecule has 1 fully saturated rings. The van der Waals surface area contributed by atoms with Crippen LogP contribution in [0, 0.1) is 0 Å². The number of fused-ring (bicyclic) bond motifs is 1. The van der Waals surface area contributed by atoms with Gasteiger partial charge in [-0.25, -0.2) is 0 Å². The lowest BCUT2D eigenvalue weighted by molar-refractivity contribution is -0.117. The summed E-state index contributed by atoms with van der Waals surface area (Å²) in [5, 5.41) is 11.8. The SMILES string of the molecule is CCOCCN1CCN(CC(=O)Nc2ccc(-c3nnc4n3CCCCC4)cc2)CC1. The highest BCUT2D eigenvalue weighted by atomic mass is 16.5. The molecule has 1 saturated heterocycles. The van der Waals surface area contributed by atoms with E-state index in [2.05, 4.69) is 29.9 Å². The minimum Gasteiger partial charge on any atom is -0.380 e. The number of rotatable bonds is 8. The zero-order chi connectivity index (χ0) is 21.5. The van der Waals surface area contributed by atoms with Crippen LogP contribution >= 0.6 is 0 Å². The lowest BCUT2D eigenvalue weighted by Crippen LogP contribution is -2.49. The normalized spacial score (nSPS) is 17.8. The molecule has 0 spiro atoms. The Kier molecular flexibility index (Phi) is 7.66. The van der Waals surface area contributed by atoms with Crippen molar-refractivity contribution in [3.05, 3.63) is 30.1 Å². The number of nitrogens with zero attached hydrogens (tertiary/aromatic N) is 5. The molecule has 3 heterocycles. The summed E-state index contributed by atoms with van der Waals surface area (Å²) < 4.78 is 7.68. The van der Waals surface area contributed by atoms with Gasteiger partial charge in [-0.2, -0.15) is 0 Å². The number of amides is 1. The summed E-state index contributed by atoms with van der Waals surface area (Å²) >= 11 is 0. The van der Waals surface area contributed by atoms with Crippen LogP contribution < -0.4 is 5.32 Å². The summed E-state index contributed by atoms with van der Waals surface area (Å²) in [6.07, 6.45) is 4.61. The molecular weight excluding hydrogens is 392 g/mol. The van der Waals surface area contributed by atoms with Crippen molar-refractivity contribution in [2.75, 3.05) is 57.8 Å². The van der Waals surface area contributed by atoms with Gasteiger partial charge in [0, 0.05) is 63.5 Å². The molecule has 0 aliphatic carbocycles. The second-order valence-corrected chi connectivity index (χ2v) is 8.34. The average molecular weight is 427 g/mol. The van der Waals surface area contributed by atoms with E-state index < -0.39 is 0 Å². The van der Waals surface area contributed by atoms with E-state index in [9.17, 15) is 4.79 Å². The van der Waals surface area contributed by atoms with Crippen molar-refractivity contribution >= 4 is 11.6 Å². The van der Waals surface area contributed by atoms with Crippen LogP contribution in [-0.4, -0.2) is 83.0 Å². The molecule has 1 N–H and O–H groups in total. The predicted octanol–water partition coefficient (Wildman–Crippen LogP) is 2.26. The second-order valence-electron chi connectivity index (χ2n) is 8.34. The number of carbonyl (C=O) groups excluding carboxylic acids is 1. The van der Waals surface area contributed by atoms with Gasteiger partial charge < -0.3 is 14.6 Å². The van der Waals surface area contributed by atoms with Crippen LogP contribution in [0.2, 0.25) is 0 Å². The topological polar surface area (TPSA) is 75.5 Å². The summed E-state index contributed by atoms with van der Waals surface area (Å²) in [4.78, 5) is 17.1. The van der Waals surface area contributed by atoms with Gasteiger partial charge in [0.05, 0.1) is 13.2 Å². The number of aryl methyl sites for hydroxylation is 1. The van der Waals surface area contributed by atoms with Crippen LogP contribution in [0.4, 0.5) is 5.69 Å². The van der Waals surface area contributed by atoms with E-state index in [0.29, 0.717) is 6.54 Å². The van der Waals surface area contributed by atoms with Crippen molar-refractivity contribution in [2.45, 2.75) is 39.2 Å². The van der Waals surface area contributed by atoms with E-state index in [1.165, 1.54) is 19.3 Å². The first-order valence-electron chi connectivity index (χ1n) is 11.6. The molecule has 0 saturated carbocycles. The molecule has 2 aromatic rings. The molecule has 2 aliphatic heterocycles. The van der Waals surface area contributed by atoms with Crippen molar-refractivity contribution < 1.29 is 9.53 Å². The fourth-order valence-corrected chi connectivity index (χ4v) is 4.31. The predicted molar refractivity (Wildman–Crippen MR) is 121 cm³/mol. The van der Waals surface area contributed by atoms with Gasteiger partial charge in [0.1, 0.15) is 5.82 Å². The van der Waals surface area contributed by atoms with E-state index in [1.807, 2.05) is 31.2 Å². The first kappa shape index (κ1) is 21.9. The Balaban J connectivity index is 1.26. The third-order valence-electron chi connectivity index (χ3n) is 6.12. The third kappa shape index (κ3) is 5.90. The second kappa shape index (κ2) is 10.8. The van der Waals surface area contributed by atoms with Crippen LogP contribution in [0.1, 0.15) is 32.0 Å². The summed E-state index contributed by atoms with van der Waals surface area (Å²) in [5.41, 5.74) is 1.86. The smallest absolute Gasteiger partial charge is 0.238 e. The summed E-state index contributed by atoms with van der Waals surface area (Å²) in [7, 11) is 0. The minimum atomic E-state index is 0.0341. The van der Waals surface area contributed by atoms with E-state index in [1.54, 1.807) is 0 Å². The maximum atomic E-state index is 12.5. The first-order chi connectivity index (χ1) is 15.2. The molecule has 31 heavy (non-hydrogen) atoms. The number of hydrogen-bond acceptors (Lipinski definition) is 6. The zero-order valence-electron chi connectivity index (χ0n) is 18.6. The van der Waals surface area contributed by atoms with Gasteiger partial charge in [0.2, 0.25) is 5.91 Å². The maximum absolute atomic E-state index is 12.5. The Morgan fingerprint density at radius 3 is 2.55 bits per heavy atom. The fourth-order valence-electron chi connectivity index (χ4n) is 4.31. The molecule has 8 nitrogen and oxygen atoms in total. The molecule has 4 rings (SSSR count). The Morgan fingerprint density at radius 1 is 1.00 bits per heavy atom.